The van der Waals surface area contributed by atoms with Crippen LogP contribution in [0.25, 0.3) is 11.1 Å². The molecule has 3 heteroatoms. The van der Waals surface area contributed by atoms with Crippen molar-refractivity contribution in [1.29, 1.82) is 0 Å². The lowest BCUT2D eigenvalue weighted by Crippen LogP contribution is -2.55. The molecule has 5 aliphatic rings. The summed E-state index contributed by atoms with van der Waals surface area (Å²) in [4.78, 5) is 0. The van der Waals surface area contributed by atoms with E-state index in [1.54, 1.807) is 0 Å². The van der Waals surface area contributed by atoms with Crippen LogP contribution in [0.2, 0.25) is 10.0 Å². The number of halogens is 3. The van der Waals surface area contributed by atoms with Gasteiger partial charge in [-0.3, -0.25) is 0 Å². The first kappa shape index (κ1) is 15.5. The van der Waals surface area contributed by atoms with Crippen LogP contribution in [0, 0.1) is 23.7 Å². The molecule has 5 aliphatic carbocycles. The largest absolute Gasteiger partial charge is 0.0827 e. The summed E-state index contributed by atoms with van der Waals surface area (Å²) in [5, 5.41) is 1.34. The highest BCUT2D eigenvalue weighted by atomic mass is 79.9. The fourth-order valence-electron chi connectivity index (χ4n) is 7.20. The molecule has 0 unspecified atom stereocenters. The molecule has 0 atom stereocenters. The predicted octanol–water partition coefficient (Wildman–Crippen LogP) is 7.48. The second kappa shape index (κ2) is 5.06. The standard InChI is InChI=1S/C22H19BrCl2/c23-20-19-15-3-1-2-4-16(15)22(17(19)10-18(24)21(20)25)13-6-11-5-12(8-13)9-14(22)7-11/h1-4,10-14H,5-9H2. The average molecular weight is 434 g/mol. The smallest absolute Gasteiger partial charge is 0.0740 e. The van der Waals surface area contributed by atoms with Crippen molar-refractivity contribution in [1.82, 2.24) is 0 Å². The highest BCUT2D eigenvalue weighted by Gasteiger charge is 2.61. The highest BCUT2D eigenvalue weighted by molar-refractivity contribution is 9.10. The number of hydrogen-bond acceptors (Lipinski definition) is 0. The van der Waals surface area contributed by atoms with Crippen molar-refractivity contribution >= 4 is 39.1 Å². The molecule has 128 valence electrons. The van der Waals surface area contributed by atoms with Gasteiger partial charge in [0.15, 0.2) is 0 Å². The third kappa shape index (κ3) is 1.76. The number of fused-ring (bicyclic) bond motifs is 3. The summed E-state index contributed by atoms with van der Waals surface area (Å²) in [6.07, 6.45) is 7.03. The summed E-state index contributed by atoms with van der Waals surface area (Å²) in [6, 6.07) is 11.2. The fraction of sp³-hybridized carbons (Fsp3) is 0.455. The van der Waals surface area contributed by atoms with Crippen molar-refractivity contribution in [3.63, 3.8) is 0 Å². The summed E-state index contributed by atoms with van der Waals surface area (Å²) in [6.45, 7) is 0. The lowest BCUT2D eigenvalue weighted by molar-refractivity contribution is -0.0399. The first-order valence-corrected chi connectivity index (χ1v) is 10.9. The molecule has 7 rings (SSSR count). The molecule has 2 aromatic rings. The minimum absolute atomic E-state index is 0.163. The van der Waals surface area contributed by atoms with E-state index in [1.165, 1.54) is 54.4 Å². The summed E-state index contributed by atoms with van der Waals surface area (Å²) in [5.74, 6) is 3.43. The van der Waals surface area contributed by atoms with E-state index < -0.39 is 0 Å². The van der Waals surface area contributed by atoms with E-state index in [-0.39, 0.29) is 5.41 Å². The van der Waals surface area contributed by atoms with Crippen molar-refractivity contribution in [2.24, 2.45) is 23.7 Å². The van der Waals surface area contributed by atoms with Gasteiger partial charge in [-0.1, -0.05) is 47.5 Å². The summed E-state index contributed by atoms with van der Waals surface area (Å²) in [7, 11) is 0. The van der Waals surface area contributed by atoms with E-state index in [1.807, 2.05) is 0 Å². The molecule has 4 bridgehead atoms. The Labute approximate surface area is 167 Å². The maximum Gasteiger partial charge on any atom is 0.0740 e. The van der Waals surface area contributed by atoms with Crippen molar-refractivity contribution in [2.75, 3.05) is 0 Å². The van der Waals surface area contributed by atoms with Crippen LogP contribution in [0.1, 0.15) is 43.2 Å². The van der Waals surface area contributed by atoms with Crippen LogP contribution < -0.4 is 0 Å². The molecule has 4 fully saturated rings. The minimum Gasteiger partial charge on any atom is -0.0827 e. The van der Waals surface area contributed by atoms with Crippen LogP contribution in [0.15, 0.2) is 34.8 Å². The Morgan fingerprint density at radius 1 is 0.880 bits per heavy atom. The monoisotopic (exact) mass is 432 g/mol. The Hall–Kier alpha value is -0.500. The van der Waals surface area contributed by atoms with Crippen LogP contribution in [0.5, 0.6) is 0 Å². The SMILES string of the molecule is Clc1cc2c(c(Br)c1Cl)-c1ccccc1C21C2CC3CC(C2)CC1C3. The van der Waals surface area contributed by atoms with E-state index in [4.69, 9.17) is 23.2 Å². The quantitative estimate of drug-likeness (QED) is 0.377. The lowest BCUT2D eigenvalue weighted by atomic mass is 9.43. The first-order valence-electron chi connectivity index (χ1n) is 9.38. The predicted molar refractivity (Wildman–Crippen MR) is 107 cm³/mol. The van der Waals surface area contributed by atoms with Gasteiger partial charge in [-0.15, -0.1) is 0 Å². The molecule has 2 aromatic carbocycles. The maximum atomic E-state index is 6.58. The third-order valence-corrected chi connectivity index (χ3v) is 9.48. The van der Waals surface area contributed by atoms with Crippen LogP contribution in [0.3, 0.4) is 0 Å². The van der Waals surface area contributed by atoms with Gasteiger partial charge in [-0.2, -0.15) is 0 Å². The fourth-order valence-corrected chi connectivity index (χ4v) is 8.31. The van der Waals surface area contributed by atoms with Gasteiger partial charge < -0.3 is 0 Å². The zero-order chi connectivity index (χ0) is 16.9. The van der Waals surface area contributed by atoms with Crippen LogP contribution in [0.4, 0.5) is 0 Å². The molecule has 0 aromatic heterocycles. The van der Waals surface area contributed by atoms with Gasteiger partial charge in [0.2, 0.25) is 0 Å². The Morgan fingerprint density at radius 3 is 2.20 bits per heavy atom. The summed E-state index contributed by atoms with van der Waals surface area (Å²) >= 11 is 16.9. The van der Waals surface area contributed by atoms with Crippen molar-refractivity contribution in [3.8, 4) is 11.1 Å². The van der Waals surface area contributed by atoms with Crippen LogP contribution >= 0.6 is 39.1 Å². The second-order valence-electron chi connectivity index (χ2n) is 8.63. The van der Waals surface area contributed by atoms with Gasteiger partial charge in [0.1, 0.15) is 0 Å². The molecular formula is C22H19BrCl2. The topological polar surface area (TPSA) is 0 Å². The van der Waals surface area contributed by atoms with Gasteiger partial charge >= 0.3 is 0 Å². The summed E-state index contributed by atoms with van der Waals surface area (Å²) in [5.41, 5.74) is 5.82. The van der Waals surface area contributed by atoms with E-state index >= 15 is 0 Å². The van der Waals surface area contributed by atoms with E-state index in [9.17, 15) is 0 Å². The molecule has 0 amide bonds. The maximum absolute atomic E-state index is 6.58. The Bertz CT molecular complexity index is 888. The third-order valence-electron chi connectivity index (χ3n) is 7.68. The Kier molecular flexibility index (Phi) is 3.15. The highest BCUT2D eigenvalue weighted by Crippen LogP contribution is 2.70. The molecule has 0 N–H and O–H groups in total. The number of benzene rings is 2. The zero-order valence-corrected chi connectivity index (χ0v) is 17.0. The Morgan fingerprint density at radius 2 is 1.52 bits per heavy atom. The van der Waals surface area contributed by atoms with Crippen molar-refractivity contribution in [3.05, 3.63) is 56.0 Å². The Balaban J connectivity index is 1.72. The number of hydrogen-bond donors (Lipinski definition) is 0. The van der Waals surface area contributed by atoms with Gasteiger partial charge in [0.25, 0.3) is 0 Å². The number of rotatable bonds is 0. The molecule has 25 heavy (non-hydrogen) atoms. The zero-order valence-electron chi connectivity index (χ0n) is 13.9. The van der Waals surface area contributed by atoms with Gasteiger partial charge in [-0.25, -0.2) is 0 Å². The molecule has 0 aliphatic heterocycles. The lowest BCUT2D eigenvalue weighted by Gasteiger charge is -2.61. The summed E-state index contributed by atoms with van der Waals surface area (Å²) < 4.78 is 0.981. The van der Waals surface area contributed by atoms with Crippen LogP contribution in [-0.4, -0.2) is 0 Å². The minimum atomic E-state index is 0.163. The molecule has 1 spiro atoms. The molecule has 0 radical (unpaired) electrons. The van der Waals surface area contributed by atoms with Gasteiger partial charge in [0, 0.05) is 15.5 Å². The van der Waals surface area contributed by atoms with Gasteiger partial charge in [-0.05, 0) is 94.5 Å². The van der Waals surface area contributed by atoms with E-state index in [2.05, 4.69) is 46.3 Å². The molecule has 0 saturated heterocycles. The molecule has 0 nitrogen and oxygen atoms in total. The van der Waals surface area contributed by atoms with E-state index in [0.29, 0.717) is 10.0 Å². The normalized spacial score (nSPS) is 36.8. The first-order chi connectivity index (χ1) is 12.1. The molecule has 0 heterocycles. The second-order valence-corrected chi connectivity index (χ2v) is 10.2. The van der Waals surface area contributed by atoms with Gasteiger partial charge in [0.05, 0.1) is 10.0 Å². The molecular weight excluding hydrogens is 415 g/mol. The van der Waals surface area contributed by atoms with Crippen molar-refractivity contribution < 1.29 is 0 Å². The average Bonchev–Trinajstić information content (AvgIpc) is 2.88. The van der Waals surface area contributed by atoms with Crippen LogP contribution in [-0.2, 0) is 5.41 Å². The molecule has 4 saturated carbocycles. The van der Waals surface area contributed by atoms with E-state index in [0.717, 1.165) is 28.1 Å². The van der Waals surface area contributed by atoms with Crippen molar-refractivity contribution in [2.45, 2.75) is 37.5 Å².